The Morgan fingerprint density at radius 1 is 1.38 bits per heavy atom. The molecule has 0 saturated heterocycles. The van der Waals surface area contributed by atoms with Gasteiger partial charge in [-0.25, -0.2) is 0 Å². The van der Waals surface area contributed by atoms with Gasteiger partial charge in [-0.2, -0.15) is 0 Å². The van der Waals surface area contributed by atoms with Crippen LogP contribution in [0.3, 0.4) is 0 Å². The van der Waals surface area contributed by atoms with Crippen molar-refractivity contribution in [3.8, 4) is 0 Å². The van der Waals surface area contributed by atoms with Crippen molar-refractivity contribution in [2.24, 2.45) is 0 Å². The third-order valence-corrected chi connectivity index (χ3v) is 4.62. The molecule has 1 amide bonds. The van der Waals surface area contributed by atoms with Gasteiger partial charge in [0.2, 0.25) is 0 Å². The lowest BCUT2D eigenvalue weighted by Gasteiger charge is -2.23. The molecule has 1 aliphatic rings. The number of halogens is 1. The number of aromatic nitrogens is 1. The largest absolute Gasteiger partial charge is 0.331 e. The minimum absolute atomic E-state index is 0.108. The monoisotopic (exact) mass is 344 g/mol. The van der Waals surface area contributed by atoms with Crippen LogP contribution in [-0.2, 0) is 6.54 Å². The van der Waals surface area contributed by atoms with Crippen LogP contribution in [0.1, 0.15) is 34.3 Å². The first-order valence-electron chi connectivity index (χ1n) is 7.11. The molecule has 4 heteroatoms. The van der Waals surface area contributed by atoms with E-state index in [1.54, 1.807) is 6.20 Å². The van der Waals surface area contributed by atoms with Gasteiger partial charge in [0, 0.05) is 35.0 Å². The van der Waals surface area contributed by atoms with Gasteiger partial charge in [-0.1, -0.05) is 22.0 Å². The summed E-state index contributed by atoms with van der Waals surface area (Å²) in [5, 5.41) is 0. The second kappa shape index (κ2) is 5.98. The molecule has 108 valence electrons. The van der Waals surface area contributed by atoms with E-state index in [9.17, 15) is 4.79 Å². The number of aryl methyl sites for hydroxylation is 1. The smallest absolute Gasteiger partial charge is 0.254 e. The van der Waals surface area contributed by atoms with Gasteiger partial charge in [-0.3, -0.25) is 9.78 Å². The Kier molecular flexibility index (Phi) is 4.06. The predicted octanol–water partition coefficient (Wildman–Crippen LogP) is 3.96. The maximum Gasteiger partial charge on any atom is 0.254 e. The van der Waals surface area contributed by atoms with E-state index in [0.717, 1.165) is 34.0 Å². The fraction of sp³-hybridized carbons (Fsp3) is 0.294. The Balaban J connectivity index is 1.83. The summed E-state index contributed by atoms with van der Waals surface area (Å²) in [6.45, 7) is 2.63. The van der Waals surface area contributed by atoms with Crippen LogP contribution in [0.5, 0.6) is 0 Å². The van der Waals surface area contributed by atoms with E-state index in [4.69, 9.17) is 0 Å². The van der Waals surface area contributed by atoms with Crippen LogP contribution in [0.2, 0.25) is 0 Å². The second-order valence-corrected chi connectivity index (χ2v) is 6.34. The number of benzene rings is 1. The molecule has 1 aromatic carbocycles. The highest BCUT2D eigenvalue weighted by molar-refractivity contribution is 9.10. The van der Waals surface area contributed by atoms with E-state index < -0.39 is 0 Å². The lowest BCUT2D eigenvalue weighted by Crippen LogP contribution is -2.32. The molecule has 0 bridgehead atoms. The number of hydrogen-bond acceptors (Lipinski definition) is 2. The first kappa shape index (κ1) is 14.3. The summed E-state index contributed by atoms with van der Waals surface area (Å²) < 4.78 is 1.03. The highest BCUT2D eigenvalue weighted by Gasteiger charge is 2.33. The molecule has 1 fully saturated rings. The average molecular weight is 345 g/mol. The number of hydrogen-bond donors (Lipinski definition) is 0. The highest BCUT2D eigenvalue weighted by Crippen LogP contribution is 2.30. The van der Waals surface area contributed by atoms with Gasteiger partial charge in [0.15, 0.2) is 0 Å². The minimum atomic E-state index is 0.108. The van der Waals surface area contributed by atoms with Gasteiger partial charge >= 0.3 is 0 Å². The molecule has 1 aliphatic carbocycles. The first-order valence-corrected chi connectivity index (χ1v) is 7.90. The van der Waals surface area contributed by atoms with Crippen LogP contribution in [0.25, 0.3) is 0 Å². The molecule has 0 N–H and O–H groups in total. The van der Waals surface area contributed by atoms with Crippen molar-refractivity contribution in [2.45, 2.75) is 32.4 Å². The maximum absolute atomic E-state index is 12.8. The molecule has 2 aromatic rings. The number of amides is 1. The first-order chi connectivity index (χ1) is 10.1. The Morgan fingerprint density at radius 2 is 2.19 bits per heavy atom. The molecule has 0 aliphatic heterocycles. The van der Waals surface area contributed by atoms with E-state index in [1.165, 1.54) is 0 Å². The Bertz CT molecular complexity index is 653. The molecular formula is C17H17BrN2O. The zero-order valence-corrected chi connectivity index (χ0v) is 13.5. The number of nitrogens with zero attached hydrogens (tertiary/aromatic N) is 2. The quantitative estimate of drug-likeness (QED) is 0.840. The van der Waals surface area contributed by atoms with E-state index >= 15 is 0 Å². The van der Waals surface area contributed by atoms with Crippen molar-refractivity contribution >= 4 is 21.8 Å². The summed E-state index contributed by atoms with van der Waals surface area (Å²) in [6.07, 6.45) is 5.78. The van der Waals surface area contributed by atoms with Gasteiger partial charge in [-0.05, 0) is 55.2 Å². The topological polar surface area (TPSA) is 33.2 Å². The third kappa shape index (κ3) is 3.32. The number of carbonyl (C=O) groups excluding carboxylic acids is 1. The van der Waals surface area contributed by atoms with Gasteiger partial charge in [0.1, 0.15) is 0 Å². The third-order valence-electron chi connectivity index (χ3n) is 3.73. The molecule has 0 spiro atoms. The van der Waals surface area contributed by atoms with E-state index in [1.807, 2.05) is 48.4 Å². The molecule has 0 unspecified atom stereocenters. The minimum Gasteiger partial charge on any atom is -0.331 e. The lowest BCUT2D eigenvalue weighted by atomic mass is 10.1. The van der Waals surface area contributed by atoms with Gasteiger partial charge < -0.3 is 4.90 Å². The lowest BCUT2D eigenvalue weighted by molar-refractivity contribution is 0.0729. The number of carbonyl (C=O) groups is 1. The molecule has 0 atom stereocenters. The molecular weight excluding hydrogens is 328 g/mol. The average Bonchev–Trinajstić information content (AvgIpc) is 3.33. The Hall–Kier alpha value is -1.68. The van der Waals surface area contributed by atoms with Crippen molar-refractivity contribution in [1.82, 2.24) is 9.88 Å². The molecule has 1 heterocycles. The summed E-state index contributed by atoms with van der Waals surface area (Å²) in [5.41, 5.74) is 2.91. The molecule has 1 saturated carbocycles. The summed E-state index contributed by atoms with van der Waals surface area (Å²) >= 11 is 3.48. The number of rotatable bonds is 4. The van der Waals surface area contributed by atoms with E-state index in [0.29, 0.717) is 12.6 Å². The molecule has 21 heavy (non-hydrogen) atoms. The summed E-state index contributed by atoms with van der Waals surface area (Å²) in [4.78, 5) is 18.9. The molecule has 0 radical (unpaired) electrons. The van der Waals surface area contributed by atoms with Crippen LogP contribution >= 0.6 is 15.9 Å². The van der Waals surface area contributed by atoms with Crippen molar-refractivity contribution in [1.29, 1.82) is 0 Å². The Labute approximate surface area is 133 Å². The molecule has 3 nitrogen and oxygen atoms in total. The van der Waals surface area contributed by atoms with E-state index in [2.05, 4.69) is 20.9 Å². The van der Waals surface area contributed by atoms with Crippen LogP contribution in [0.4, 0.5) is 0 Å². The van der Waals surface area contributed by atoms with Crippen molar-refractivity contribution in [2.75, 3.05) is 0 Å². The van der Waals surface area contributed by atoms with Crippen molar-refractivity contribution in [3.63, 3.8) is 0 Å². The highest BCUT2D eigenvalue weighted by atomic mass is 79.9. The van der Waals surface area contributed by atoms with Gasteiger partial charge in [0.25, 0.3) is 5.91 Å². The standard InChI is InChI=1S/C17H17BrN2O/c1-12-9-14(4-7-16(12)18)17(21)20(15-5-6-15)11-13-3-2-8-19-10-13/h2-4,7-10,15H,5-6,11H2,1H3. The Morgan fingerprint density at radius 3 is 2.81 bits per heavy atom. The number of pyridine rings is 1. The zero-order valence-electron chi connectivity index (χ0n) is 11.9. The van der Waals surface area contributed by atoms with E-state index in [-0.39, 0.29) is 5.91 Å². The van der Waals surface area contributed by atoms with Gasteiger partial charge in [-0.15, -0.1) is 0 Å². The van der Waals surface area contributed by atoms with Crippen LogP contribution in [0, 0.1) is 6.92 Å². The fourth-order valence-corrected chi connectivity index (χ4v) is 2.63. The second-order valence-electron chi connectivity index (χ2n) is 5.49. The predicted molar refractivity (Wildman–Crippen MR) is 86.0 cm³/mol. The van der Waals surface area contributed by atoms with Crippen molar-refractivity contribution < 1.29 is 4.79 Å². The fourth-order valence-electron chi connectivity index (χ4n) is 2.38. The van der Waals surface area contributed by atoms with Crippen LogP contribution in [-0.4, -0.2) is 21.8 Å². The SMILES string of the molecule is Cc1cc(C(=O)N(Cc2cccnc2)C2CC2)ccc1Br. The van der Waals surface area contributed by atoms with Crippen molar-refractivity contribution in [3.05, 3.63) is 63.9 Å². The van der Waals surface area contributed by atoms with Crippen LogP contribution in [0.15, 0.2) is 47.2 Å². The summed E-state index contributed by atoms with van der Waals surface area (Å²) in [7, 11) is 0. The summed E-state index contributed by atoms with van der Waals surface area (Å²) in [6, 6.07) is 10.1. The molecule has 1 aromatic heterocycles. The maximum atomic E-state index is 12.8. The van der Waals surface area contributed by atoms with Crippen LogP contribution < -0.4 is 0 Å². The van der Waals surface area contributed by atoms with Gasteiger partial charge in [0.05, 0.1) is 0 Å². The molecule has 3 rings (SSSR count). The normalized spacial score (nSPS) is 14.0. The summed E-state index contributed by atoms with van der Waals surface area (Å²) in [5.74, 6) is 0.108. The zero-order chi connectivity index (χ0) is 14.8.